The molecule has 2 rings (SSSR count). The molecule has 1 aliphatic heterocycles. The van der Waals surface area contributed by atoms with Crippen LogP contribution in [0.3, 0.4) is 0 Å². The fourth-order valence-corrected chi connectivity index (χ4v) is 3.23. The molecule has 0 aliphatic carbocycles. The molecule has 0 radical (unpaired) electrons. The van der Waals surface area contributed by atoms with Gasteiger partial charge in [-0.3, -0.25) is 4.68 Å². The maximum atomic E-state index is 4.51. The minimum Gasteiger partial charge on any atom is -0.265 e. The summed E-state index contributed by atoms with van der Waals surface area (Å²) in [7, 11) is 0. The molecule has 1 aromatic heterocycles. The monoisotopic (exact) mass is 260 g/mol. The van der Waals surface area contributed by atoms with Gasteiger partial charge in [0.2, 0.25) is 0 Å². The first kappa shape index (κ1) is 9.59. The maximum absolute atomic E-state index is 4.51. The molecule has 1 aromatic rings. The molecule has 0 aromatic carbocycles. The average Bonchev–Trinajstić information content (AvgIpc) is 2.45. The molecular formula is C9H13BrN2S. The summed E-state index contributed by atoms with van der Waals surface area (Å²) in [5, 5.41) is 4.51. The standard InChI is InChI=1S/C9H13BrN2S/c1-6(2)12-8-5-13-4-3-7(8)9(10)11-12/h6H,3-5H2,1-2H3. The smallest absolute Gasteiger partial charge is 0.131 e. The van der Waals surface area contributed by atoms with E-state index in [1.54, 1.807) is 0 Å². The van der Waals surface area contributed by atoms with Crippen LogP contribution in [0.15, 0.2) is 4.60 Å². The van der Waals surface area contributed by atoms with Crippen LogP contribution in [0.2, 0.25) is 0 Å². The van der Waals surface area contributed by atoms with E-state index in [4.69, 9.17) is 0 Å². The van der Waals surface area contributed by atoms with Crippen LogP contribution < -0.4 is 0 Å². The molecule has 2 heterocycles. The number of aromatic nitrogens is 2. The van der Waals surface area contributed by atoms with Crippen LogP contribution in [0.25, 0.3) is 0 Å². The Bertz CT molecular complexity index is 320. The van der Waals surface area contributed by atoms with E-state index in [0.29, 0.717) is 6.04 Å². The summed E-state index contributed by atoms with van der Waals surface area (Å²) < 4.78 is 3.20. The van der Waals surface area contributed by atoms with E-state index in [1.165, 1.54) is 17.0 Å². The van der Waals surface area contributed by atoms with Crippen molar-refractivity contribution in [2.45, 2.75) is 32.1 Å². The first-order valence-corrected chi connectivity index (χ1v) is 6.48. The van der Waals surface area contributed by atoms with Crippen molar-refractivity contribution < 1.29 is 0 Å². The highest BCUT2D eigenvalue weighted by atomic mass is 79.9. The van der Waals surface area contributed by atoms with Gasteiger partial charge in [-0.25, -0.2) is 0 Å². The molecule has 0 amide bonds. The van der Waals surface area contributed by atoms with Crippen LogP contribution in [-0.2, 0) is 12.2 Å². The molecule has 0 bridgehead atoms. The number of hydrogen-bond acceptors (Lipinski definition) is 2. The zero-order chi connectivity index (χ0) is 9.42. The number of thioether (sulfide) groups is 1. The second-order valence-corrected chi connectivity index (χ2v) is 5.41. The molecule has 72 valence electrons. The van der Waals surface area contributed by atoms with Crippen LogP contribution in [-0.4, -0.2) is 15.5 Å². The second-order valence-electron chi connectivity index (χ2n) is 3.56. The summed E-state index contributed by atoms with van der Waals surface area (Å²) in [6.07, 6.45) is 1.16. The van der Waals surface area contributed by atoms with E-state index >= 15 is 0 Å². The lowest BCUT2D eigenvalue weighted by molar-refractivity contribution is 0.514. The van der Waals surface area contributed by atoms with E-state index in [9.17, 15) is 0 Å². The van der Waals surface area contributed by atoms with Crippen LogP contribution in [0.5, 0.6) is 0 Å². The molecule has 1 aliphatic rings. The lowest BCUT2D eigenvalue weighted by Crippen LogP contribution is -2.10. The topological polar surface area (TPSA) is 17.8 Å². The zero-order valence-corrected chi connectivity index (χ0v) is 10.3. The highest BCUT2D eigenvalue weighted by molar-refractivity contribution is 9.10. The van der Waals surface area contributed by atoms with Crippen molar-refractivity contribution >= 4 is 27.7 Å². The van der Waals surface area contributed by atoms with E-state index in [2.05, 4.69) is 39.6 Å². The minimum absolute atomic E-state index is 0.471. The maximum Gasteiger partial charge on any atom is 0.131 e. The largest absolute Gasteiger partial charge is 0.265 e. The molecule has 4 heteroatoms. The van der Waals surface area contributed by atoms with Crippen molar-refractivity contribution in [3.05, 3.63) is 15.9 Å². The summed E-state index contributed by atoms with van der Waals surface area (Å²) in [4.78, 5) is 0. The highest BCUT2D eigenvalue weighted by Gasteiger charge is 2.20. The summed E-state index contributed by atoms with van der Waals surface area (Å²) in [5.74, 6) is 2.35. The van der Waals surface area contributed by atoms with E-state index in [-0.39, 0.29) is 0 Å². The van der Waals surface area contributed by atoms with Crippen molar-refractivity contribution in [2.75, 3.05) is 5.75 Å². The summed E-state index contributed by atoms with van der Waals surface area (Å²) >= 11 is 5.53. The highest BCUT2D eigenvalue weighted by Crippen LogP contribution is 2.31. The van der Waals surface area contributed by atoms with Gasteiger partial charge >= 0.3 is 0 Å². The van der Waals surface area contributed by atoms with Crippen molar-refractivity contribution in [3.63, 3.8) is 0 Å². The SMILES string of the molecule is CC(C)n1nc(Br)c2c1CSCC2. The fourth-order valence-electron chi connectivity index (χ4n) is 1.64. The lowest BCUT2D eigenvalue weighted by atomic mass is 10.2. The number of rotatable bonds is 1. The first-order valence-electron chi connectivity index (χ1n) is 4.53. The Morgan fingerprint density at radius 3 is 3.00 bits per heavy atom. The Balaban J connectivity index is 2.47. The third-order valence-electron chi connectivity index (χ3n) is 2.29. The van der Waals surface area contributed by atoms with Crippen molar-refractivity contribution in [2.24, 2.45) is 0 Å². The predicted molar refractivity (Wildman–Crippen MR) is 60.2 cm³/mol. The third kappa shape index (κ3) is 1.66. The molecule has 0 saturated carbocycles. The van der Waals surface area contributed by atoms with Crippen LogP contribution >= 0.6 is 27.7 Å². The van der Waals surface area contributed by atoms with Gasteiger partial charge in [-0.15, -0.1) is 0 Å². The van der Waals surface area contributed by atoms with Gasteiger partial charge in [0, 0.05) is 17.4 Å². The van der Waals surface area contributed by atoms with Gasteiger partial charge in [0.1, 0.15) is 4.60 Å². The summed E-state index contributed by atoms with van der Waals surface area (Å²) in [5.41, 5.74) is 2.84. The van der Waals surface area contributed by atoms with Gasteiger partial charge < -0.3 is 0 Å². The first-order chi connectivity index (χ1) is 6.20. The summed E-state index contributed by atoms with van der Waals surface area (Å²) in [6, 6.07) is 0.471. The van der Waals surface area contributed by atoms with Gasteiger partial charge in [-0.2, -0.15) is 16.9 Å². The van der Waals surface area contributed by atoms with Crippen LogP contribution in [0.1, 0.15) is 31.1 Å². The molecule has 0 fully saturated rings. The molecule has 13 heavy (non-hydrogen) atoms. The van der Waals surface area contributed by atoms with Crippen molar-refractivity contribution in [1.29, 1.82) is 0 Å². The third-order valence-corrected chi connectivity index (χ3v) is 3.90. The molecule has 0 unspecified atom stereocenters. The Hall–Kier alpha value is 0.0400. The molecule has 2 nitrogen and oxygen atoms in total. The Labute approximate surface area is 91.2 Å². The predicted octanol–water partition coefficient (Wildman–Crippen LogP) is 3.02. The van der Waals surface area contributed by atoms with Crippen molar-refractivity contribution in [1.82, 2.24) is 9.78 Å². The Morgan fingerprint density at radius 2 is 2.31 bits per heavy atom. The number of fused-ring (bicyclic) bond motifs is 1. The fraction of sp³-hybridized carbons (Fsp3) is 0.667. The number of nitrogens with zero attached hydrogens (tertiary/aromatic N) is 2. The molecule has 0 atom stereocenters. The van der Waals surface area contributed by atoms with E-state index in [0.717, 1.165) is 16.8 Å². The van der Waals surface area contributed by atoms with Gasteiger partial charge in [-0.1, -0.05) is 0 Å². The van der Waals surface area contributed by atoms with Gasteiger partial charge in [0.15, 0.2) is 0 Å². The van der Waals surface area contributed by atoms with Gasteiger partial charge in [-0.05, 0) is 42.0 Å². The second kappa shape index (κ2) is 3.65. The number of halogens is 1. The zero-order valence-electron chi connectivity index (χ0n) is 7.88. The van der Waals surface area contributed by atoms with Gasteiger partial charge in [0.25, 0.3) is 0 Å². The molecule has 0 N–H and O–H groups in total. The van der Waals surface area contributed by atoms with Crippen LogP contribution in [0, 0.1) is 0 Å². The Morgan fingerprint density at radius 1 is 1.54 bits per heavy atom. The van der Waals surface area contributed by atoms with E-state index in [1.807, 2.05) is 11.8 Å². The summed E-state index contributed by atoms with van der Waals surface area (Å²) in [6.45, 7) is 4.36. The van der Waals surface area contributed by atoms with Gasteiger partial charge in [0.05, 0.1) is 5.69 Å². The average molecular weight is 261 g/mol. The molecular weight excluding hydrogens is 248 g/mol. The molecule has 0 saturated heterocycles. The number of hydrogen-bond donors (Lipinski definition) is 0. The minimum atomic E-state index is 0.471. The van der Waals surface area contributed by atoms with Crippen molar-refractivity contribution in [3.8, 4) is 0 Å². The Kier molecular flexibility index (Phi) is 2.70. The van der Waals surface area contributed by atoms with E-state index < -0.39 is 0 Å². The van der Waals surface area contributed by atoms with Crippen LogP contribution in [0.4, 0.5) is 0 Å². The molecule has 0 spiro atoms. The lowest BCUT2D eigenvalue weighted by Gasteiger charge is -2.15. The quantitative estimate of drug-likeness (QED) is 0.773. The normalized spacial score (nSPS) is 16.3.